The van der Waals surface area contributed by atoms with Crippen LogP contribution in [0.25, 0.3) is 27.9 Å². The van der Waals surface area contributed by atoms with Gasteiger partial charge in [0.05, 0.1) is 42.2 Å². The van der Waals surface area contributed by atoms with Crippen molar-refractivity contribution in [2.75, 3.05) is 44.2 Å². The number of likely N-dealkylation sites (tertiary alicyclic amines) is 1. The zero-order chi connectivity index (χ0) is 46.3. The third kappa shape index (κ3) is 8.18. The predicted octanol–water partition coefficient (Wildman–Crippen LogP) is 8.16. The minimum absolute atomic E-state index is 0.0745. The number of fused-ring (bicyclic) bond motifs is 4. The summed E-state index contributed by atoms with van der Waals surface area (Å²) in [5, 5.41) is 1.20. The molecule has 10 rings (SSSR count). The molecule has 0 radical (unpaired) electrons. The van der Waals surface area contributed by atoms with E-state index in [1.165, 1.54) is 22.9 Å². The van der Waals surface area contributed by atoms with Crippen LogP contribution in [0, 0.1) is 18.2 Å². The van der Waals surface area contributed by atoms with Gasteiger partial charge in [0.25, 0.3) is 5.91 Å². The Hall–Kier alpha value is -5.60. The molecule has 348 valence electrons. The molecule has 1 aromatic carbocycles. The lowest BCUT2D eigenvalue weighted by Gasteiger charge is -2.35. The lowest BCUT2D eigenvalue weighted by atomic mass is 10.0. The molecule has 0 N–H and O–H groups in total. The fourth-order valence-electron chi connectivity index (χ4n) is 10.0. The minimum Gasteiger partial charge on any atom is -0.341 e. The third-order valence-electron chi connectivity index (χ3n) is 13.7. The van der Waals surface area contributed by atoms with Crippen molar-refractivity contribution in [3.8, 4) is 5.69 Å². The number of anilines is 1. The Morgan fingerprint density at radius 1 is 0.924 bits per heavy atom. The van der Waals surface area contributed by atoms with Crippen LogP contribution in [0.5, 0.6) is 0 Å². The first kappa shape index (κ1) is 44.2. The molecule has 0 bridgehead atoms. The van der Waals surface area contributed by atoms with Crippen LogP contribution in [0.1, 0.15) is 77.6 Å². The molecule has 13 nitrogen and oxygen atoms in total. The van der Waals surface area contributed by atoms with Crippen LogP contribution in [0.15, 0.2) is 59.7 Å². The number of amides is 1. The van der Waals surface area contributed by atoms with E-state index in [1.54, 1.807) is 50.6 Å². The molecule has 21 heteroatoms. The Morgan fingerprint density at radius 3 is 2.35 bits per heavy atom. The summed E-state index contributed by atoms with van der Waals surface area (Å²) in [6, 6.07) is 11.0. The first-order valence-electron chi connectivity index (χ1n) is 21.9. The first-order chi connectivity index (χ1) is 31.5. The Balaban J connectivity index is 0.943. The molecule has 66 heavy (non-hydrogen) atoms. The van der Waals surface area contributed by atoms with E-state index in [0.29, 0.717) is 67.0 Å². The number of imidazole rings is 1. The van der Waals surface area contributed by atoms with Gasteiger partial charge in [0, 0.05) is 73.2 Å². The Kier molecular flexibility index (Phi) is 11.1. The van der Waals surface area contributed by atoms with Gasteiger partial charge in [-0.1, -0.05) is 17.7 Å². The molecule has 8 heterocycles. The number of pyridine rings is 2. The third-order valence-corrected chi connectivity index (χ3v) is 13.9. The zero-order valence-electron chi connectivity index (χ0n) is 35.7. The van der Waals surface area contributed by atoms with Gasteiger partial charge < -0.3 is 19.3 Å². The molecule has 4 aliphatic rings. The van der Waals surface area contributed by atoms with Gasteiger partial charge in [0.15, 0.2) is 5.65 Å². The van der Waals surface area contributed by atoms with E-state index >= 15 is 4.39 Å². The van der Waals surface area contributed by atoms with Gasteiger partial charge in [-0.05, 0) is 93.8 Å². The number of benzene rings is 1. The number of carbonyl (C=O) groups excluding carboxylic acids is 1. The molecule has 1 amide bonds. The van der Waals surface area contributed by atoms with E-state index in [-0.39, 0.29) is 86.6 Å². The summed E-state index contributed by atoms with van der Waals surface area (Å²) in [7, 11) is 0. The van der Waals surface area contributed by atoms with Crippen molar-refractivity contribution in [3.63, 3.8) is 0 Å². The molecule has 3 fully saturated rings. The molecule has 2 saturated heterocycles. The second kappa shape index (κ2) is 16.6. The molecule has 0 atom stereocenters. The average Bonchev–Trinajstić information content (AvgIpc) is 3.94. The summed E-state index contributed by atoms with van der Waals surface area (Å²) in [5.41, 5.74) is 2.23. The van der Waals surface area contributed by atoms with Crippen molar-refractivity contribution < 1.29 is 40.3 Å². The van der Waals surface area contributed by atoms with Crippen LogP contribution in [0.2, 0.25) is 5.02 Å². The van der Waals surface area contributed by atoms with E-state index in [9.17, 15) is 35.9 Å². The van der Waals surface area contributed by atoms with Crippen molar-refractivity contribution in [1.29, 1.82) is 0 Å². The number of hydrogen-bond acceptors (Lipinski definition) is 9. The van der Waals surface area contributed by atoms with Crippen molar-refractivity contribution in [1.82, 2.24) is 43.4 Å². The van der Waals surface area contributed by atoms with Crippen molar-refractivity contribution in [3.05, 3.63) is 104 Å². The van der Waals surface area contributed by atoms with Crippen molar-refractivity contribution in [2.24, 2.45) is 5.41 Å². The number of aromatic nitrogens is 7. The highest BCUT2D eigenvalue weighted by Gasteiger charge is 2.63. The van der Waals surface area contributed by atoms with Gasteiger partial charge in [0.1, 0.15) is 22.7 Å². The fraction of sp³-hybridized carbons (Fsp3) is 0.467. The SMILES string of the molecule is Cc1nc(N2CCC(OC(F)(F)F)CC2)nc2c1n(-c1ccc(C(=O)N3CCc4c(n(Cc5ccc(Cl)cc5F)c5ncccc45)C3)nc1)c(=O)n2C1CCN(CC2(C(F)(F)F)CC2)CC1. The normalized spacial score (nSPS) is 18.7. The van der Waals surface area contributed by atoms with Crippen LogP contribution in [0.3, 0.4) is 0 Å². The highest BCUT2D eigenvalue weighted by molar-refractivity contribution is 6.30. The number of alkyl halides is 6. The number of aryl methyl sites for hydroxylation is 1. The Bertz CT molecular complexity index is 2890. The van der Waals surface area contributed by atoms with Crippen LogP contribution >= 0.6 is 11.6 Å². The summed E-state index contributed by atoms with van der Waals surface area (Å²) < 4.78 is 105. The van der Waals surface area contributed by atoms with Crippen molar-refractivity contribution >= 4 is 45.7 Å². The highest BCUT2D eigenvalue weighted by atomic mass is 35.5. The van der Waals surface area contributed by atoms with Crippen LogP contribution in [-0.4, -0.2) is 107 Å². The topological polar surface area (TPSA) is 119 Å². The van der Waals surface area contributed by atoms with Gasteiger partial charge in [-0.2, -0.15) is 18.2 Å². The maximum Gasteiger partial charge on any atom is 0.522 e. The largest absolute Gasteiger partial charge is 0.522 e. The number of rotatable bonds is 9. The molecule has 0 spiro atoms. The lowest BCUT2D eigenvalue weighted by Crippen LogP contribution is -2.43. The Morgan fingerprint density at radius 2 is 1.68 bits per heavy atom. The minimum atomic E-state index is -4.76. The van der Waals surface area contributed by atoms with Gasteiger partial charge >= 0.3 is 18.2 Å². The quantitative estimate of drug-likeness (QED) is 0.132. The van der Waals surface area contributed by atoms with E-state index in [0.717, 1.165) is 16.6 Å². The zero-order valence-corrected chi connectivity index (χ0v) is 36.4. The average molecular weight is 941 g/mol. The summed E-state index contributed by atoms with van der Waals surface area (Å²) >= 11 is 6.03. The van der Waals surface area contributed by atoms with E-state index < -0.39 is 41.6 Å². The second-order valence-electron chi connectivity index (χ2n) is 17.8. The summed E-state index contributed by atoms with van der Waals surface area (Å²) in [4.78, 5) is 52.9. The number of hydrogen-bond donors (Lipinski definition) is 0. The summed E-state index contributed by atoms with van der Waals surface area (Å²) in [6.45, 7) is 3.37. The molecular formula is C45H44ClF7N10O3. The monoisotopic (exact) mass is 940 g/mol. The van der Waals surface area contributed by atoms with Crippen LogP contribution < -0.4 is 10.6 Å². The summed E-state index contributed by atoms with van der Waals surface area (Å²) in [6.07, 6.45) is -5.38. The number of nitrogens with zero attached hydrogens (tertiary/aromatic N) is 10. The smallest absolute Gasteiger partial charge is 0.341 e. The standard InChI is InChI=1S/C45H44ClF7N10O3/c1-26-37-39(57-41(56-26)59-18-10-31(11-19-59)66-45(51,52)53)63(29-8-16-58(17-9-29)25-43(13-14-43)44(48,49)50)42(65)62(37)30-6-7-35(55-22-30)40(64)60-20-12-32-33-3-2-15-54-38(33)61(36(32)24-60)23-27-4-5-28(46)21-34(27)47/h2-7,15,21-22,29,31H,8-14,16-20,23-25H2,1H3. The van der Waals surface area contributed by atoms with Gasteiger partial charge in [0.2, 0.25) is 5.95 Å². The molecular weight excluding hydrogens is 897 g/mol. The van der Waals surface area contributed by atoms with Gasteiger partial charge in [-0.15, -0.1) is 13.2 Å². The van der Waals surface area contributed by atoms with Crippen LogP contribution in [-0.2, 0) is 24.2 Å². The Labute approximate surface area is 377 Å². The maximum absolute atomic E-state index is 15.0. The molecule has 5 aromatic heterocycles. The van der Waals surface area contributed by atoms with Crippen molar-refractivity contribution in [2.45, 2.75) is 89.6 Å². The molecule has 0 unspecified atom stereocenters. The van der Waals surface area contributed by atoms with Gasteiger partial charge in [-0.3, -0.25) is 18.7 Å². The maximum atomic E-state index is 15.0. The molecule has 6 aromatic rings. The van der Waals surface area contributed by atoms with E-state index in [4.69, 9.17) is 21.6 Å². The number of halogens is 8. The first-order valence-corrected chi connectivity index (χ1v) is 22.3. The number of carbonyl (C=O) groups is 1. The molecule has 3 aliphatic heterocycles. The fourth-order valence-corrected chi connectivity index (χ4v) is 10.2. The van der Waals surface area contributed by atoms with E-state index in [2.05, 4.69) is 14.7 Å². The number of piperidine rings is 2. The highest BCUT2D eigenvalue weighted by Crippen LogP contribution is 2.58. The van der Waals surface area contributed by atoms with Crippen LogP contribution in [0.4, 0.5) is 36.7 Å². The molecule has 1 saturated carbocycles. The summed E-state index contributed by atoms with van der Waals surface area (Å²) in [5.74, 6) is -0.587. The van der Waals surface area contributed by atoms with E-state index in [1.807, 2.05) is 16.7 Å². The predicted molar refractivity (Wildman–Crippen MR) is 229 cm³/mol. The van der Waals surface area contributed by atoms with Gasteiger partial charge in [-0.25, -0.2) is 24.1 Å². The second-order valence-corrected chi connectivity index (χ2v) is 18.2. The molecule has 1 aliphatic carbocycles. The number of ether oxygens (including phenoxy) is 1. The lowest BCUT2D eigenvalue weighted by molar-refractivity contribution is -0.344.